The Labute approximate surface area is 128 Å². The maximum absolute atomic E-state index is 5.24. The number of methoxy groups -OCH3 is 1. The van der Waals surface area contributed by atoms with Gasteiger partial charge in [-0.05, 0) is 31.2 Å². The standard InChI is InChI=1S/C16H30N2OS/c1-5-15(6-2)18(11-12-19-4)10-9-17-14(3)16-8-7-13-20-16/h7-8,13-15,17H,5-6,9-12H2,1-4H3. The number of hydrogen-bond donors (Lipinski definition) is 1. The first-order valence-corrected chi connectivity index (χ1v) is 8.60. The first kappa shape index (κ1) is 17.6. The molecule has 0 radical (unpaired) electrons. The summed E-state index contributed by atoms with van der Waals surface area (Å²) >= 11 is 1.82. The number of hydrogen-bond acceptors (Lipinski definition) is 4. The van der Waals surface area contributed by atoms with Crippen molar-refractivity contribution in [3.8, 4) is 0 Å². The fourth-order valence-corrected chi connectivity index (χ4v) is 3.31. The predicted octanol–water partition coefficient (Wildman–Crippen LogP) is 3.54. The van der Waals surface area contributed by atoms with Crippen molar-refractivity contribution in [1.82, 2.24) is 10.2 Å². The molecule has 0 spiro atoms. The van der Waals surface area contributed by atoms with E-state index in [0.29, 0.717) is 12.1 Å². The van der Waals surface area contributed by atoms with Crippen LogP contribution in [0, 0.1) is 0 Å². The third kappa shape index (κ3) is 5.92. The fourth-order valence-electron chi connectivity index (χ4n) is 2.55. The molecule has 0 aliphatic rings. The molecule has 4 heteroatoms. The van der Waals surface area contributed by atoms with Crippen LogP contribution in [0.25, 0.3) is 0 Å². The molecule has 0 aromatic carbocycles. The van der Waals surface area contributed by atoms with Crippen LogP contribution in [-0.2, 0) is 4.74 Å². The second-order valence-electron chi connectivity index (χ2n) is 5.19. The van der Waals surface area contributed by atoms with Crippen LogP contribution in [0.5, 0.6) is 0 Å². The average molecular weight is 298 g/mol. The first-order chi connectivity index (χ1) is 9.72. The Morgan fingerprint density at radius 2 is 2.05 bits per heavy atom. The second-order valence-corrected chi connectivity index (χ2v) is 6.17. The zero-order valence-electron chi connectivity index (χ0n) is 13.4. The highest BCUT2D eigenvalue weighted by atomic mass is 32.1. The summed E-state index contributed by atoms with van der Waals surface area (Å²) in [6.45, 7) is 10.7. The van der Waals surface area contributed by atoms with E-state index in [0.717, 1.165) is 26.2 Å². The fraction of sp³-hybridized carbons (Fsp3) is 0.750. The quantitative estimate of drug-likeness (QED) is 0.676. The van der Waals surface area contributed by atoms with E-state index in [9.17, 15) is 0 Å². The largest absolute Gasteiger partial charge is 0.383 e. The van der Waals surface area contributed by atoms with Crippen LogP contribution in [0.2, 0.25) is 0 Å². The summed E-state index contributed by atoms with van der Waals surface area (Å²) in [7, 11) is 1.78. The average Bonchev–Trinajstić information content (AvgIpc) is 2.99. The van der Waals surface area contributed by atoms with Gasteiger partial charge in [-0.15, -0.1) is 11.3 Å². The minimum Gasteiger partial charge on any atom is -0.383 e. The monoisotopic (exact) mass is 298 g/mol. The Bertz CT molecular complexity index is 325. The molecule has 1 heterocycles. The minimum atomic E-state index is 0.445. The van der Waals surface area contributed by atoms with Gasteiger partial charge in [-0.1, -0.05) is 19.9 Å². The van der Waals surface area contributed by atoms with Crippen LogP contribution in [-0.4, -0.2) is 44.3 Å². The van der Waals surface area contributed by atoms with Crippen LogP contribution in [0.4, 0.5) is 0 Å². The van der Waals surface area contributed by atoms with E-state index in [1.165, 1.54) is 17.7 Å². The molecule has 0 aliphatic heterocycles. The van der Waals surface area contributed by atoms with E-state index in [1.54, 1.807) is 7.11 Å². The molecule has 1 aromatic rings. The smallest absolute Gasteiger partial charge is 0.0589 e. The number of nitrogens with zero attached hydrogens (tertiary/aromatic N) is 1. The molecular weight excluding hydrogens is 268 g/mol. The molecule has 0 aliphatic carbocycles. The third-order valence-electron chi connectivity index (χ3n) is 3.86. The zero-order chi connectivity index (χ0) is 14.8. The number of nitrogens with one attached hydrogen (secondary N) is 1. The van der Waals surface area contributed by atoms with Gasteiger partial charge in [-0.2, -0.15) is 0 Å². The van der Waals surface area contributed by atoms with Gasteiger partial charge < -0.3 is 10.1 Å². The molecule has 20 heavy (non-hydrogen) atoms. The zero-order valence-corrected chi connectivity index (χ0v) is 14.2. The van der Waals surface area contributed by atoms with Crippen molar-refractivity contribution in [3.63, 3.8) is 0 Å². The maximum Gasteiger partial charge on any atom is 0.0589 e. The van der Waals surface area contributed by atoms with Crippen LogP contribution >= 0.6 is 11.3 Å². The highest BCUT2D eigenvalue weighted by Crippen LogP contribution is 2.17. The summed E-state index contributed by atoms with van der Waals surface area (Å²) in [5.74, 6) is 0. The summed E-state index contributed by atoms with van der Waals surface area (Å²) in [6, 6.07) is 5.43. The lowest BCUT2D eigenvalue weighted by molar-refractivity contribution is 0.115. The van der Waals surface area contributed by atoms with Crippen LogP contribution in [0.15, 0.2) is 17.5 Å². The van der Waals surface area contributed by atoms with Gasteiger partial charge in [0.1, 0.15) is 0 Å². The molecule has 1 unspecified atom stereocenters. The molecule has 1 rings (SSSR count). The maximum atomic E-state index is 5.24. The van der Waals surface area contributed by atoms with Crippen molar-refractivity contribution in [2.24, 2.45) is 0 Å². The molecule has 0 bridgehead atoms. The highest BCUT2D eigenvalue weighted by Gasteiger charge is 2.15. The molecule has 1 N–H and O–H groups in total. The van der Waals surface area contributed by atoms with Crippen molar-refractivity contribution in [2.75, 3.05) is 33.4 Å². The van der Waals surface area contributed by atoms with Crippen LogP contribution < -0.4 is 5.32 Å². The van der Waals surface area contributed by atoms with Gasteiger partial charge in [0.15, 0.2) is 0 Å². The lowest BCUT2D eigenvalue weighted by Crippen LogP contribution is -2.41. The Balaban J connectivity index is 2.37. The summed E-state index contributed by atoms with van der Waals surface area (Å²) in [5.41, 5.74) is 0. The lowest BCUT2D eigenvalue weighted by atomic mass is 10.1. The third-order valence-corrected chi connectivity index (χ3v) is 4.92. The first-order valence-electron chi connectivity index (χ1n) is 7.72. The topological polar surface area (TPSA) is 24.5 Å². The van der Waals surface area contributed by atoms with Crippen molar-refractivity contribution < 1.29 is 4.74 Å². The Morgan fingerprint density at radius 3 is 2.60 bits per heavy atom. The van der Waals surface area contributed by atoms with Gasteiger partial charge in [-0.25, -0.2) is 0 Å². The van der Waals surface area contributed by atoms with E-state index in [4.69, 9.17) is 4.74 Å². The summed E-state index contributed by atoms with van der Waals surface area (Å²) < 4.78 is 5.24. The minimum absolute atomic E-state index is 0.445. The van der Waals surface area contributed by atoms with Gasteiger partial charge in [0.05, 0.1) is 6.61 Å². The number of rotatable bonds is 11. The lowest BCUT2D eigenvalue weighted by Gasteiger charge is -2.30. The highest BCUT2D eigenvalue weighted by molar-refractivity contribution is 7.10. The molecule has 116 valence electrons. The normalized spacial score (nSPS) is 13.3. The molecule has 0 saturated carbocycles. The van der Waals surface area contributed by atoms with Gasteiger partial charge in [-0.3, -0.25) is 4.90 Å². The van der Waals surface area contributed by atoms with E-state index in [1.807, 2.05) is 11.3 Å². The summed E-state index contributed by atoms with van der Waals surface area (Å²) in [6.07, 6.45) is 2.42. The molecular formula is C16H30N2OS. The van der Waals surface area contributed by atoms with E-state index >= 15 is 0 Å². The van der Waals surface area contributed by atoms with Crippen LogP contribution in [0.1, 0.15) is 44.5 Å². The molecule has 0 amide bonds. The van der Waals surface area contributed by atoms with Gasteiger partial charge in [0, 0.05) is 43.7 Å². The van der Waals surface area contributed by atoms with Gasteiger partial charge in [0.25, 0.3) is 0 Å². The molecule has 1 aromatic heterocycles. The Morgan fingerprint density at radius 1 is 1.30 bits per heavy atom. The summed E-state index contributed by atoms with van der Waals surface area (Å²) in [4.78, 5) is 3.97. The Hall–Kier alpha value is -0.420. The van der Waals surface area contributed by atoms with Gasteiger partial charge in [0.2, 0.25) is 0 Å². The predicted molar refractivity (Wildman–Crippen MR) is 88.6 cm³/mol. The SMILES string of the molecule is CCC(CC)N(CCNC(C)c1cccs1)CCOC. The second kappa shape index (κ2) is 10.3. The van der Waals surface area contributed by atoms with E-state index < -0.39 is 0 Å². The summed E-state index contributed by atoms with van der Waals surface area (Å²) in [5, 5.41) is 5.76. The number of ether oxygens (including phenoxy) is 1. The molecule has 1 atom stereocenters. The molecule has 0 fully saturated rings. The van der Waals surface area contributed by atoms with E-state index in [-0.39, 0.29) is 0 Å². The Kier molecular flexibility index (Phi) is 9.10. The van der Waals surface area contributed by atoms with Crippen molar-refractivity contribution in [3.05, 3.63) is 22.4 Å². The van der Waals surface area contributed by atoms with Crippen molar-refractivity contribution in [1.29, 1.82) is 0 Å². The molecule has 3 nitrogen and oxygen atoms in total. The van der Waals surface area contributed by atoms with Crippen LogP contribution in [0.3, 0.4) is 0 Å². The van der Waals surface area contributed by atoms with Gasteiger partial charge >= 0.3 is 0 Å². The molecule has 0 saturated heterocycles. The van der Waals surface area contributed by atoms with E-state index in [2.05, 4.69) is 48.5 Å². The number of thiophene rings is 1. The van der Waals surface area contributed by atoms with Crippen molar-refractivity contribution >= 4 is 11.3 Å². The van der Waals surface area contributed by atoms with Crippen molar-refractivity contribution in [2.45, 2.75) is 45.7 Å².